The molecule has 27 heavy (non-hydrogen) atoms. The summed E-state index contributed by atoms with van der Waals surface area (Å²) in [5.74, 6) is -0.275. The molecule has 0 saturated carbocycles. The van der Waals surface area contributed by atoms with Gasteiger partial charge in [-0.15, -0.1) is 12.4 Å². The van der Waals surface area contributed by atoms with E-state index in [2.05, 4.69) is 15.6 Å². The quantitative estimate of drug-likeness (QED) is 0.597. The fraction of sp³-hybridized carbons (Fsp3) is 0.190. The van der Waals surface area contributed by atoms with Crippen molar-refractivity contribution in [1.29, 1.82) is 0 Å². The molecule has 0 saturated heterocycles. The highest BCUT2D eigenvalue weighted by molar-refractivity contribution is 5.91. The molecule has 1 atom stereocenters. The van der Waals surface area contributed by atoms with E-state index in [0.29, 0.717) is 12.1 Å². The molecule has 3 aromatic rings. The third-order valence-corrected chi connectivity index (χ3v) is 4.80. The Morgan fingerprint density at radius 3 is 2.81 bits per heavy atom. The molecule has 1 amide bonds. The molecule has 4 rings (SSSR count). The first-order valence-electron chi connectivity index (χ1n) is 8.67. The molecule has 2 aromatic carbocycles. The maximum Gasteiger partial charge on any atom is 0.241 e. The SMILES string of the molecule is Cc1c(-c2ccccc2F)[nH]c2ccc(CNC(=O)C3C=CCN3)cc12.Cl. The van der Waals surface area contributed by atoms with Gasteiger partial charge in [0.25, 0.3) is 0 Å². The Balaban J connectivity index is 0.00000210. The summed E-state index contributed by atoms with van der Waals surface area (Å²) in [5, 5.41) is 7.08. The van der Waals surface area contributed by atoms with E-state index in [1.165, 1.54) is 6.07 Å². The Hall–Kier alpha value is -2.63. The molecule has 0 aliphatic carbocycles. The molecular weight excluding hydrogens is 365 g/mol. The highest BCUT2D eigenvalue weighted by Crippen LogP contribution is 2.31. The number of nitrogens with one attached hydrogen (secondary N) is 3. The third-order valence-electron chi connectivity index (χ3n) is 4.80. The number of H-pyrrole nitrogens is 1. The molecule has 1 aliphatic rings. The second kappa shape index (κ2) is 7.94. The number of aryl methyl sites for hydroxylation is 1. The van der Waals surface area contributed by atoms with Crippen molar-refractivity contribution in [2.24, 2.45) is 0 Å². The van der Waals surface area contributed by atoms with Gasteiger partial charge in [-0.3, -0.25) is 10.1 Å². The van der Waals surface area contributed by atoms with Crippen molar-refractivity contribution in [1.82, 2.24) is 15.6 Å². The second-order valence-electron chi connectivity index (χ2n) is 6.52. The van der Waals surface area contributed by atoms with Gasteiger partial charge < -0.3 is 10.3 Å². The van der Waals surface area contributed by atoms with E-state index in [9.17, 15) is 9.18 Å². The van der Waals surface area contributed by atoms with Gasteiger partial charge in [0.2, 0.25) is 5.91 Å². The Labute approximate surface area is 163 Å². The van der Waals surface area contributed by atoms with Gasteiger partial charge >= 0.3 is 0 Å². The van der Waals surface area contributed by atoms with Crippen LogP contribution < -0.4 is 10.6 Å². The third kappa shape index (κ3) is 3.75. The molecule has 1 unspecified atom stereocenters. The highest BCUT2D eigenvalue weighted by Gasteiger charge is 2.17. The number of hydrogen-bond donors (Lipinski definition) is 3. The molecule has 0 bridgehead atoms. The van der Waals surface area contributed by atoms with Crippen molar-refractivity contribution in [2.45, 2.75) is 19.5 Å². The monoisotopic (exact) mass is 385 g/mol. The number of hydrogen-bond acceptors (Lipinski definition) is 2. The first-order chi connectivity index (χ1) is 12.6. The average Bonchev–Trinajstić information content (AvgIpc) is 3.29. The smallest absolute Gasteiger partial charge is 0.241 e. The van der Waals surface area contributed by atoms with Crippen molar-refractivity contribution in [3.63, 3.8) is 0 Å². The number of amides is 1. The lowest BCUT2D eigenvalue weighted by Crippen LogP contribution is -2.40. The lowest BCUT2D eigenvalue weighted by molar-refractivity contribution is -0.122. The van der Waals surface area contributed by atoms with Crippen LogP contribution in [0.4, 0.5) is 4.39 Å². The summed E-state index contributed by atoms with van der Waals surface area (Å²) in [6, 6.07) is 12.5. The topological polar surface area (TPSA) is 56.9 Å². The number of rotatable bonds is 4. The molecule has 1 aliphatic heterocycles. The number of carbonyl (C=O) groups is 1. The van der Waals surface area contributed by atoms with Crippen molar-refractivity contribution < 1.29 is 9.18 Å². The minimum absolute atomic E-state index is 0. The summed E-state index contributed by atoms with van der Waals surface area (Å²) in [7, 11) is 0. The number of carbonyl (C=O) groups excluding carboxylic acids is 1. The first-order valence-corrected chi connectivity index (χ1v) is 8.67. The fourth-order valence-electron chi connectivity index (χ4n) is 3.36. The normalized spacial score (nSPS) is 15.7. The first kappa shape index (κ1) is 19.1. The van der Waals surface area contributed by atoms with Crippen LogP contribution in [0.2, 0.25) is 0 Å². The summed E-state index contributed by atoms with van der Waals surface area (Å²) in [6.07, 6.45) is 3.82. The molecule has 3 N–H and O–H groups in total. The van der Waals surface area contributed by atoms with Crippen LogP contribution in [0.5, 0.6) is 0 Å². The lowest BCUT2D eigenvalue weighted by Gasteiger charge is -2.10. The van der Waals surface area contributed by atoms with E-state index in [0.717, 1.165) is 34.3 Å². The number of aromatic nitrogens is 1. The van der Waals surface area contributed by atoms with E-state index >= 15 is 0 Å². The maximum absolute atomic E-state index is 14.1. The summed E-state index contributed by atoms with van der Waals surface area (Å²) in [6.45, 7) is 3.17. The Kier molecular flexibility index (Phi) is 5.63. The molecule has 0 spiro atoms. The van der Waals surface area contributed by atoms with Crippen LogP contribution >= 0.6 is 12.4 Å². The molecule has 0 radical (unpaired) electrons. The molecule has 4 nitrogen and oxygen atoms in total. The largest absolute Gasteiger partial charge is 0.354 e. The Morgan fingerprint density at radius 1 is 1.26 bits per heavy atom. The Morgan fingerprint density at radius 2 is 2.07 bits per heavy atom. The average molecular weight is 386 g/mol. The van der Waals surface area contributed by atoms with Crippen molar-refractivity contribution in [3.05, 3.63) is 71.6 Å². The predicted octanol–water partition coefficient (Wildman–Crippen LogP) is 3.85. The summed E-state index contributed by atoms with van der Waals surface area (Å²) in [5.41, 5.74) is 4.32. The van der Waals surface area contributed by atoms with Gasteiger partial charge in [0, 0.05) is 29.6 Å². The van der Waals surface area contributed by atoms with E-state index < -0.39 is 0 Å². The van der Waals surface area contributed by atoms with E-state index in [1.807, 2.05) is 43.3 Å². The maximum atomic E-state index is 14.1. The summed E-state index contributed by atoms with van der Waals surface area (Å²) < 4.78 is 14.1. The summed E-state index contributed by atoms with van der Waals surface area (Å²) in [4.78, 5) is 15.4. The molecule has 140 valence electrons. The van der Waals surface area contributed by atoms with E-state index in [-0.39, 0.29) is 30.2 Å². The van der Waals surface area contributed by atoms with Crippen LogP contribution in [-0.2, 0) is 11.3 Å². The van der Waals surface area contributed by atoms with Crippen LogP contribution in [0.15, 0.2) is 54.6 Å². The van der Waals surface area contributed by atoms with E-state index in [1.54, 1.807) is 12.1 Å². The standard InChI is InChI=1S/C21H20FN3O.ClH/c1-13-16-11-14(12-24-21(26)19-7-4-10-23-19)8-9-18(16)25-20(13)15-5-2-3-6-17(15)22;/h2-9,11,19,23,25H,10,12H2,1H3,(H,24,26);1H. The van der Waals surface area contributed by atoms with Crippen LogP contribution in [0.1, 0.15) is 11.1 Å². The van der Waals surface area contributed by atoms with E-state index in [4.69, 9.17) is 0 Å². The van der Waals surface area contributed by atoms with Gasteiger partial charge in [0.05, 0.1) is 5.69 Å². The van der Waals surface area contributed by atoms with Crippen LogP contribution in [0.3, 0.4) is 0 Å². The molecule has 6 heteroatoms. The molecule has 0 fully saturated rings. The van der Waals surface area contributed by atoms with Crippen LogP contribution in [0, 0.1) is 12.7 Å². The van der Waals surface area contributed by atoms with Crippen molar-refractivity contribution in [3.8, 4) is 11.3 Å². The fourth-order valence-corrected chi connectivity index (χ4v) is 3.36. The molecule has 2 heterocycles. The number of halogens is 2. The highest BCUT2D eigenvalue weighted by atomic mass is 35.5. The number of fused-ring (bicyclic) bond motifs is 1. The van der Waals surface area contributed by atoms with Crippen molar-refractivity contribution >= 4 is 29.2 Å². The van der Waals surface area contributed by atoms with Gasteiger partial charge in [-0.05, 0) is 42.3 Å². The van der Waals surface area contributed by atoms with Crippen LogP contribution in [-0.4, -0.2) is 23.5 Å². The lowest BCUT2D eigenvalue weighted by atomic mass is 10.0. The van der Waals surface area contributed by atoms with Crippen molar-refractivity contribution in [2.75, 3.05) is 6.54 Å². The van der Waals surface area contributed by atoms with Gasteiger partial charge in [-0.1, -0.05) is 30.4 Å². The zero-order valence-corrected chi connectivity index (χ0v) is 15.7. The van der Waals surface area contributed by atoms with Gasteiger partial charge in [0.1, 0.15) is 11.9 Å². The zero-order chi connectivity index (χ0) is 18.1. The molecule has 1 aromatic heterocycles. The van der Waals surface area contributed by atoms with Gasteiger partial charge in [0.15, 0.2) is 0 Å². The van der Waals surface area contributed by atoms with Gasteiger partial charge in [-0.25, -0.2) is 4.39 Å². The Bertz CT molecular complexity index is 1010. The minimum atomic E-state index is -0.250. The summed E-state index contributed by atoms with van der Waals surface area (Å²) >= 11 is 0. The van der Waals surface area contributed by atoms with Gasteiger partial charge in [-0.2, -0.15) is 0 Å². The van der Waals surface area contributed by atoms with Crippen LogP contribution in [0.25, 0.3) is 22.2 Å². The number of aromatic amines is 1. The zero-order valence-electron chi connectivity index (χ0n) is 14.9. The molecular formula is C21H21ClFN3O. The number of benzene rings is 2. The minimum Gasteiger partial charge on any atom is -0.354 e. The second-order valence-corrected chi connectivity index (χ2v) is 6.52. The predicted molar refractivity (Wildman–Crippen MR) is 108 cm³/mol.